The summed E-state index contributed by atoms with van der Waals surface area (Å²) in [5, 5.41) is 12.8. The lowest BCUT2D eigenvalue weighted by Crippen LogP contribution is -2.55. The molecule has 10 nitrogen and oxygen atoms in total. The van der Waals surface area contributed by atoms with E-state index in [0.29, 0.717) is 50.4 Å². The molecule has 4 amide bonds. The van der Waals surface area contributed by atoms with E-state index in [2.05, 4.69) is 5.32 Å². The minimum absolute atomic E-state index is 0.160. The fourth-order valence-corrected chi connectivity index (χ4v) is 5.28. The standard InChI is InChI=1S/C28H30N4O6/c33-23-13-7-6-12-22(23)30-14-16-31(17-15-30)27(36)24(38-28(37)29-19-8-2-1-3-9-19)18-32-25(34)20-10-4-5-11-21(20)26(32)35/h1-9,12-13,20-21,24,33H,10-11,14-18H2,(H,29,37). The fraction of sp³-hybridized carbons (Fsp3) is 0.357. The van der Waals surface area contributed by atoms with Gasteiger partial charge >= 0.3 is 6.09 Å². The highest BCUT2D eigenvalue weighted by molar-refractivity contribution is 6.06. The zero-order chi connectivity index (χ0) is 26.6. The van der Waals surface area contributed by atoms with Crippen LogP contribution < -0.4 is 10.2 Å². The number of aromatic hydroxyl groups is 1. The van der Waals surface area contributed by atoms with E-state index in [4.69, 9.17) is 4.74 Å². The first-order valence-corrected chi connectivity index (χ1v) is 12.8. The number of benzene rings is 2. The van der Waals surface area contributed by atoms with Gasteiger partial charge in [-0.15, -0.1) is 0 Å². The highest BCUT2D eigenvalue weighted by atomic mass is 16.6. The lowest BCUT2D eigenvalue weighted by Gasteiger charge is -2.37. The van der Waals surface area contributed by atoms with Crippen molar-refractivity contribution in [3.8, 4) is 5.75 Å². The monoisotopic (exact) mass is 518 g/mol. The topological polar surface area (TPSA) is 119 Å². The van der Waals surface area contributed by atoms with Crippen LogP contribution in [0.25, 0.3) is 0 Å². The highest BCUT2D eigenvalue weighted by Crippen LogP contribution is 2.35. The van der Waals surface area contributed by atoms with Gasteiger partial charge in [-0.05, 0) is 37.1 Å². The van der Waals surface area contributed by atoms with E-state index < -0.39 is 29.9 Å². The first-order valence-electron chi connectivity index (χ1n) is 12.8. The Bertz CT molecular complexity index is 1210. The van der Waals surface area contributed by atoms with Crippen LogP contribution in [0.15, 0.2) is 66.7 Å². The van der Waals surface area contributed by atoms with Gasteiger partial charge < -0.3 is 19.6 Å². The molecule has 0 bridgehead atoms. The van der Waals surface area contributed by atoms with Gasteiger partial charge in [0.15, 0.2) is 6.10 Å². The Morgan fingerprint density at radius 1 is 0.895 bits per heavy atom. The van der Waals surface area contributed by atoms with Crippen LogP contribution in [0.2, 0.25) is 0 Å². The van der Waals surface area contributed by atoms with Crippen LogP contribution in [-0.4, -0.2) is 77.5 Å². The third kappa shape index (κ3) is 5.20. The van der Waals surface area contributed by atoms with Crippen LogP contribution in [0.4, 0.5) is 16.2 Å². The second-order valence-electron chi connectivity index (χ2n) is 9.63. The number of para-hydroxylation sites is 3. The number of rotatable bonds is 6. The summed E-state index contributed by atoms with van der Waals surface area (Å²) in [5.41, 5.74) is 1.17. The Balaban J connectivity index is 1.30. The first-order chi connectivity index (χ1) is 18.4. The second-order valence-corrected chi connectivity index (χ2v) is 9.63. The number of phenolic OH excluding ortho intramolecular Hbond substituents is 1. The molecule has 3 aliphatic rings. The number of phenols is 1. The number of nitrogens with one attached hydrogen (secondary N) is 1. The molecule has 2 N–H and O–H groups in total. The number of allylic oxidation sites excluding steroid dienone is 2. The van der Waals surface area contributed by atoms with Crippen molar-refractivity contribution in [3.05, 3.63) is 66.7 Å². The Labute approximate surface area is 220 Å². The van der Waals surface area contributed by atoms with Gasteiger partial charge in [-0.2, -0.15) is 0 Å². The SMILES string of the molecule is O=C(Nc1ccccc1)OC(CN1C(=O)C2CC=CCC2C1=O)C(=O)N1CCN(c2ccccc2O)CC1. The number of nitrogens with zero attached hydrogens (tertiary/aromatic N) is 3. The highest BCUT2D eigenvalue weighted by Gasteiger charge is 2.49. The van der Waals surface area contributed by atoms with Crippen LogP contribution in [0, 0.1) is 11.8 Å². The summed E-state index contributed by atoms with van der Waals surface area (Å²) < 4.78 is 5.56. The summed E-state index contributed by atoms with van der Waals surface area (Å²) in [6.07, 6.45) is 2.55. The summed E-state index contributed by atoms with van der Waals surface area (Å²) in [7, 11) is 0. The number of anilines is 2. The predicted octanol–water partition coefficient (Wildman–Crippen LogP) is 2.61. The molecule has 0 spiro atoms. The van der Waals surface area contributed by atoms with Crippen molar-refractivity contribution in [2.75, 3.05) is 42.9 Å². The summed E-state index contributed by atoms with van der Waals surface area (Å²) >= 11 is 0. The van der Waals surface area contributed by atoms with Gasteiger partial charge in [-0.25, -0.2) is 4.79 Å². The normalized spacial score (nSPS) is 21.7. The van der Waals surface area contributed by atoms with Gasteiger partial charge in [0.05, 0.1) is 24.1 Å². The third-order valence-electron chi connectivity index (χ3n) is 7.31. The van der Waals surface area contributed by atoms with Crippen molar-refractivity contribution in [2.45, 2.75) is 18.9 Å². The summed E-state index contributed by atoms with van der Waals surface area (Å²) in [5.74, 6) is -1.86. The van der Waals surface area contributed by atoms with E-state index in [0.717, 1.165) is 4.90 Å². The second kappa shape index (κ2) is 11.0. The molecule has 2 saturated heterocycles. The van der Waals surface area contributed by atoms with Crippen molar-refractivity contribution < 1.29 is 29.0 Å². The molecule has 0 radical (unpaired) electrons. The van der Waals surface area contributed by atoms with Gasteiger partial charge in [-0.3, -0.25) is 24.6 Å². The van der Waals surface area contributed by atoms with Crippen molar-refractivity contribution in [3.63, 3.8) is 0 Å². The van der Waals surface area contributed by atoms with Gasteiger partial charge in [0, 0.05) is 31.9 Å². The number of amides is 4. The van der Waals surface area contributed by atoms with Crippen LogP contribution in [0.3, 0.4) is 0 Å². The number of hydrogen-bond donors (Lipinski definition) is 2. The number of likely N-dealkylation sites (tertiary alicyclic amines) is 1. The average molecular weight is 519 g/mol. The maximum atomic E-state index is 13.6. The lowest BCUT2D eigenvalue weighted by atomic mass is 9.85. The molecule has 5 rings (SSSR count). The molecular formula is C28H30N4O6. The Morgan fingerprint density at radius 2 is 1.50 bits per heavy atom. The van der Waals surface area contributed by atoms with Crippen molar-refractivity contribution in [1.82, 2.24) is 9.80 Å². The number of carbonyl (C=O) groups is 4. The van der Waals surface area contributed by atoms with Gasteiger partial charge in [0.2, 0.25) is 11.8 Å². The Morgan fingerprint density at radius 3 is 2.13 bits per heavy atom. The van der Waals surface area contributed by atoms with E-state index in [-0.39, 0.29) is 24.1 Å². The van der Waals surface area contributed by atoms with Gasteiger partial charge in [0.25, 0.3) is 5.91 Å². The third-order valence-corrected chi connectivity index (χ3v) is 7.31. The maximum Gasteiger partial charge on any atom is 0.412 e. The number of carbonyl (C=O) groups excluding carboxylic acids is 4. The van der Waals surface area contributed by atoms with E-state index in [1.54, 1.807) is 47.4 Å². The molecule has 198 valence electrons. The quantitative estimate of drug-likeness (QED) is 0.446. The smallest absolute Gasteiger partial charge is 0.412 e. The van der Waals surface area contributed by atoms with Crippen molar-refractivity contribution in [2.24, 2.45) is 11.8 Å². The summed E-state index contributed by atoms with van der Waals surface area (Å²) in [6, 6.07) is 15.7. The molecule has 2 fully saturated rings. The number of fused-ring (bicyclic) bond motifs is 1. The van der Waals surface area contributed by atoms with Gasteiger partial charge in [-0.1, -0.05) is 42.5 Å². The molecule has 0 saturated carbocycles. The van der Waals surface area contributed by atoms with Crippen LogP contribution in [-0.2, 0) is 19.1 Å². The molecule has 0 aromatic heterocycles. The molecule has 2 aliphatic heterocycles. The molecule has 10 heteroatoms. The number of hydrogen-bond acceptors (Lipinski definition) is 7. The number of piperazine rings is 1. The largest absolute Gasteiger partial charge is 0.506 e. The predicted molar refractivity (Wildman–Crippen MR) is 139 cm³/mol. The minimum atomic E-state index is -1.35. The maximum absolute atomic E-state index is 13.6. The molecule has 3 atom stereocenters. The molecule has 2 heterocycles. The average Bonchev–Trinajstić information content (AvgIpc) is 3.18. The molecule has 3 unspecified atom stereocenters. The van der Waals surface area contributed by atoms with Crippen molar-refractivity contribution in [1.29, 1.82) is 0 Å². The molecule has 1 aliphatic carbocycles. The first kappa shape index (κ1) is 25.3. The Kier molecular flexibility index (Phi) is 7.30. The van der Waals surface area contributed by atoms with Gasteiger partial charge in [0.1, 0.15) is 5.75 Å². The fourth-order valence-electron chi connectivity index (χ4n) is 5.28. The van der Waals surface area contributed by atoms with Crippen molar-refractivity contribution >= 4 is 35.2 Å². The summed E-state index contributed by atoms with van der Waals surface area (Å²) in [6.45, 7) is 1.24. The van der Waals surface area contributed by atoms with E-state index >= 15 is 0 Å². The molecule has 2 aromatic carbocycles. The van der Waals surface area contributed by atoms with Crippen LogP contribution >= 0.6 is 0 Å². The zero-order valence-corrected chi connectivity index (χ0v) is 20.9. The molecule has 38 heavy (non-hydrogen) atoms. The minimum Gasteiger partial charge on any atom is -0.506 e. The number of imide groups is 1. The zero-order valence-electron chi connectivity index (χ0n) is 20.9. The van der Waals surface area contributed by atoms with E-state index in [9.17, 15) is 24.3 Å². The van der Waals surface area contributed by atoms with Crippen LogP contribution in [0.1, 0.15) is 12.8 Å². The van der Waals surface area contributed by atoms with Crippen LogP contribution in [0.5, 0.6) is 5.75 Å². The van der Waals surface area contributed by atoms with E-state index in [1.807, 2.05) is 29.2 Å². The molecule has 2 aromatic rings. The Hall–Kier alpha value is -4.34. The molecular weight excluding hydrogens is 488 g/mol. The van der Waals surface area contributed by atoms with E-state index in [1.165, 1.54) is 0 Å². The summed E-state index contributed by atoms with van der Waals surface area (Å²) in [4.78, 5) is 57.1. The number of ether oxygens (including phenoxy) is 1. The lowest BCUT2D eigenvalue weighted by molar-refractivity contribution is -0.147.